The van der Waals surface area contributed by atoms with Gasteiger partial charge in [0.15, 0.2) is 0 Å². The Morgan fingerprint density at radius 2 is 1.84 bits per heavy atom. The SMILES string of the molecule is COC(=O)c1ccccc1NC(=O)CN1C=CN2NC(c3ccc(OC)cc3)CC2C1=O. The number of benzene rings is 2. The maximum atomic E-state index is 13.0. The highest BCUT2D eigenvalue weighted by Gasteiger charge is 2.40. The summed E-state index contributed by atoms with van der Waals surface area (Å²) in [6.45, 7) is -0.164. The number of fused-ring (bicyclic) bond motifs is 1. The van der Waals surface area contributed by atoms with Crippen LogP contribution in [0, 0.1) is 0 Å². The van der Waals surface area contributed by atoms with Gasteiger partial charge in [-0.25, -0.2) is 10.2 Å². The van der Waals surface area contributed by atoms with E-state index < -0.39 is 17.9 Å². The van der Waals surface area contributed by atoms with Gasteiger partial charge in [0.05, 0.1) is 31.5 Å². The molecule has 1 fully saturated rings. The maximum Gasteiger partial charge on any atom is 0.339 e. The van der Waals surface area contributed by atoms with Gasteiger partial charge in [0, 0.05) is 12.4 Å². The van der Waals surface area contributed by atoms with Crippen LogP contribution < -0.4 is 15.5 Å². The van der Waals surface area contributed by atoms with Gasteiger partial charge in [0.25, 0.3) is 5.91 Å². The molecule has 32 heavy (non-hydrogen) atoms. The van der Waals surface area contributed by atoms with Crippen molar-refractivity contribution in [3.05, 3.63) is 72.1 Å². The minimum absolute atomic E-state index is 0.0276. The van der Waals surface area contributed by atoms with Crippen molar-refractivity contribution >= 4 is 23.5 Å². The Labute approximate surface area is 185 Å². The van der Waals surface area contributed by atoms with Crippen molar-refractivity contribution in [2.75, 3.05) is 26.1 Å². The average Bonchev–Trinajstić information content (AvgIpc) is 3.26. The van der Waals surface area contributed by atoms with E-state index in [1.165, 1.54) is 12.0 Å². The first-order valence-electron chi connectivity index (χ1n) is 10.1. The maximum absolute atomic E-state index is 13.0. The second kappa shape index (κ2) is 9.11. The lowest BCUT2D eigenvalue weighted by molar-refractivity contribution is -0.137. The molecule has 0 radical (unpaired) electrons. The van der Waals surface area contributed by atoms with Crippen LogP contribution in [0.15, 0.2) is 60.9 Å². The predicted molar refractivity (Wildman–Crippen MR) is 116 cm³/mol. The van der Waals surface area contributed by atoms with E-state index in [0.717, 1.165) is 11.3 Å². The number of amides is 2. The number of carbonyl (C=O) groups excluding carboxylic acids is 3. The van der Waals surface area contributed by atoms with E-state index in [-0.39, 0.29) is 24.1 Å². The first-order chi connectivity index (χ1) is 15.5. The Hall–Kier alpha value is -3.85. The van der Waals surface area contributed by atoms with Crippen LogP contribution in [0.25, 0.3) is 0 Å². The third-order valence-electron chi connectivity index (χ3n) is 5.51. The van der Waals surface area contributed by atoms with Gasteiger partial charge in [-0.15, -0.1) is 0 Å². The molecule has 2 atom stereocenters. The number of para-hydroxylation sites is 1. The molecule has 2 amide bonds. The summed E-state index contributed by atoms with van der Waals surface area (Å²) in [4.78, 5) is 38.9. The lowest BCUT2D eigenvalue weighted by Gasteiger charge is -2.31. The van der Waals surface area contributed by atoms with Gasteiger partial charge in [-0.2, -0.15) is 0 Å². The fraction of sp³-hybridized carbons (Fsp3) is 0.261. The zero-order chi connectivity index (χ0) is 22.7. The molecule has 0 spiro atoms. The molecular weight excluding hydrogens is 412 g/mol. The number of nitrogens with one attached hydrogen (secondary N) is 2. The number of carbonyl (C=O) groups is 3. The first kappa shape index (κ1) is 21.4. The minimum atomic E-state index is -0.549. The number of hydrazine groups is 1. The number of ether oxygens (including phenoxy) is 2. The van der Waals surface area contributed by atoms with Crippen molar-refractivity contribution in [3.63, 3.8) is 0 Å². The van der Waals surface area contributed by atoms with E-state index in [2.05, 4.69) is 10.7 Å². The van der Waals surface area contributed by atoms with Crippen LogP contribution in [0.5, 0.6) is 5.75 Å². The molecule has 2 aromatic carbocycles. The Bertz CT molecular complexity index is 1050. The van der Waals surface area contributed by atoms with Gasteiger partial charge in [-0.05, 0) is 36.2 Å². The molecule has 2 heterocycles. The Morgan fingerprint density at radius 3 is 2.56 bits per heavy atom. The van der Waals surface area contributed by atoms with Crippen molar-refractivity contribution < 1.29 is 23.9 Å². The molecular formula is C23H24N4O5. The third-order valence-corrected chi connectivity index (χ3v) is 5.51. The number of esters is 1. The average molecular weight is 436 g/mol. The molecule has 2 N–H and O–H groups in total. The summed E-state index contributed by atoms with van der Waals surface area (Å²) < 4.78 is 9.94. The van der Waals surface area contributed by atoms with E-state index in [1.807, 2.05) is 24.3 Å². The highest BCUT2D eigenvalue weighted by Crippen LogP contribution is 2.31. The standard InChI is InChI=1S/C23H24N4O5/c1-31-16-9-7-15(8-10-16)19-13-20-22(29)26(11-12-27(20)25-19)14-21(28)24-18-6-4-3-5-17(18)23(30)32-2/h3-12,19-20,25H,13-14H2,1-2H3,(H,24,28). The summed E-state index contributed by atoms with van der Waals surface area (Å²) in [6.07, 6.45) is 3.90. The summed E-state index contributed by atoms with van der Waals surface area (Å²) in [5, 5.41) is 4.47. The number of hydrogen-bond donors (Lipinski definition) is 2. The summed E-state index contributed by atoms with van der Waals surface area (Å²) in [5.74, 6) is -0.364. The van der Waals surface area contributed by atoms with Gasteiger partial charge < -0.3 is 24.7 Å². The molecule has 0 aromatic heterocycles. The van der Waals surface area contributed by atoms with Crippen molar-refractivity contribution in [1.29, 1.82) is 0 Å². The molecule has 9 nitrogen and oxygen atoms in total. The summed E-state index contributed by atoms with van der Waals surface area (Å²) in [5.41, 5.74) is 4.95. The molecule has 2 aliphatic heterocycles. The lowest BCUT2D eigenvalue weighted by Crippen LogP contribution is -2.49. The van der Waals surface area contributed by atoms with E-state index in [1.54, 1.807) is 48.8 Å². The molecule has 0 bridgehead atoms. The number of methoxy groups -OCH3 is 2. The van der Waals surface area contributed by atoms with Gasteiger partial charge in [0.2, 0.25) is 5.91 Å². The normalized spacial score (nSPS) is 19.5. The number of nitrogens with zero attached hydrogens (tertiary/aromatic N) is 2. The van der Waals surface area contributed by atoms with Gasteiger partial charge in [0.1, 0.15) is 18.3 Å². The van der Waals surface area contributed by atoms with Gasteiger partial charge in [-0.1, -0.05) is 24.3 Å². The molecule has 4 rings (SSSR count). The molecule has 166 valence electrons. The third kappa shape index (κ3) is 4.28. The van der Waals surface area contributed by atoms with Crippen LogP contribution in [0.2, 0.25) is 0 Å². The second-order valence-corrected chi connectivity index (χ2v) is 7.46. The van der Waals surface area contributed by atoms with Crippen molar-refractivity contribution in [1.82, 2.24) is 15.3 Å². The fourth-order valence-electron chi connectivity index (χ4n) is 3.85. The van der Waals surface area contributed by atoms with Crippen molar-refractivity contribution in [2.45, 2.75) is 18.5 Å². The Balaban J connectivity index is 1.40. The van der Waals surface area contributed by atoms with Crippen LogP contribution in [-0.4, -0.2) is 54.5 Å². The summed E-state index contributed by atoms with van der Waals surface area (Å²) in [7, 11) is 2.89. The van der Waals surface area contributed by atoms with Crippen LogP contribution >= 0.6 is 0 Å². The molecule has 2 aromatic rings. The fourth-order valence-corrected chi connectivity index (χ4v) is 3.85. The predicted octanol–water partition coefficient (Wildman–Crippen LogP) is 2.05. The first-order valence-corrected chi connectivity index (χ1v) is 10.1. The van der Waals surface area contributed by atoms with Gasteiger partial charge in [-0.3, -0.25) is 9.59 Å². The number of hydrogen-bond acceptors (Lipinski definition) is 7. The lowest BCUT2D eigenvalue weighted by atomic mass is 10.0. The van der Waals surface area contributed by atoms with E-state index in [0.29, 0.717) is 12.1 Å². The number of rotatable bonds is 6. The highest BCUT2D eigenvalue weighted by atomic mass is 16.5. The molecule has 2 unspecified atom stereocenters. The monoisotopic (exact) mass is 436 g/mol. The molecule has 2 aliphatic rings. The minimum Gasteiger partial charge on any atom is -0.497 e. The smallest absolute Gasteiger partial charge is 0.339 e. The van der Waals surface area contributed by atoms with Crippen LogP contribution in [0.4, 0.5) is 5.69 Å². The Kier molecular flexibility index (Phi) is 6.09. The largest absolute Gasteiger partial charge is 0.497 e. The molecule has 0 aliphatic carbocycles. The summed E-state index contributed by atoms with van der Waals surface area (Å²) >= 11 is 0. The van der Waals surface area contributed by atoms with Gasteiger partial charge >= 0.3 is 5.97 Å². The topological polar surface area (TPSA) is 100 Å². The summed E-state index contributed by atoms with van der Waals surface area (Å²) in [6, 6.07) is 13.8. The van der Waals surface area contributed by atoms with Crippen molar-refractivity contribution in [3.8, 4) is 5.75 Å². The van der Waals surface area contributed by atoms with E-state index in [4.69, 9.17) is 9.47 Å². The molecule has 9 heteroatoms. The second-order valence-electron chi connectivity index (χ2n) is 7.46. The molecule has 0 saturated carbocycles. The van der Waals surface area contributed by atoms with Crippen LogP contribution in [-0.2, 0) is 14.3 Å². The highest BCUT2D eigenvalue weighted by molar-refractivity contribution is 6.02. The van der Waals surface area contributed by atoms with Crippen LogP contribution in [0.3, 0.4) is 0 Å². The Morgan fingerprint density at radius 1 is 1.09 bits per heavy atom. The molecule has 1 saturated heterocycles. The van der Waals surface area contributed by atoms with Crippen LogP contribution in [0.1, 0.15) is 28.4 Å². The zero-order valence-corrected chi connectivity index (χ0v) is 17.8. The number of anilines is 1. The zero-order valence-electron chi connectivity index (χ0n) is 17.8. The quantitative estimate of drug-likeness (QED) is 0.669. The van der Waals surface area contributed by atoms with E-state index in [9.17, 15) is 14.4 Å². The van der Waals surface area contributed by atoms with E-state index >= 15 is 0 Å². The van der Waals surface area contributed by atoms with Crippen molar-refractivity contribution in [2.24, 2.45) is 0 Å².